The van der Waals surface area contributed by atoms with E-state index in [-0.39, 0.29) is 0 Å². The molecule has 0 radical (unpaired) electrons. The van der Waals surface area contributed by atoms with E-state index in [1.807, 2.05) is 0 Å². The summed E-state index contributed by atoms with van der Waals surface area (Å²) < 4.78 is 0. The van der Waals surface area contributed by atoms with Crippen molar-refractivity contribution >= 4 is 45.4 Å². The van der Waals surface area contributed by atoms with Gasteiger partial charge < -0.3 is 22.1 Å². The topological polar surface area (TPSA) is 159 Å². The van der Waals surface area contributed by atoms with Crippen LogP contribution in [-0.4, -0.2) is 55.0 Å². The Morgan fingerprint density at radius 2 is 1.30 bits per heavy atom. The molecule has 8 N–H and O–H groups in total. The van der Waals surface area contributed by atoms with Crippen molar-refractivity contribution in [2.24, 2.45) is 0 Å². The lowest BCUT2D eigenvalue weighted by molar-refractivity contribution is 1.07. The third kappa shape index (κ3) is 5.05. The Hall–Kier alpha value is -1.82. The molecule has 0 amide bonds. The average molecular weight is 316 g/mol. The van der Waals surface area contributed by atoms with Crippen LogP contribution in [0, 0.1) is 0 Å². The number of H-pyrrole nitrogens is 2. The Labute approximate surface area is 123 Å². The minimum absolute atomic E-state index is 0.313. The van der Waals surface area contributed by atoms with E-state index in [0.717, 1.165) is 24.6 Å². The third-order valence-electron chi connectivity index (χ3n) is 2.03. The van der Waals surface area contributed by atoms with Crippen molar-refractivity contribution in [3.8, 4) is 0 Å². The highest BCUT2D eigenvalue weighted by Gasteiger charge is 1.99. The van der Waals surface area contributed by atoms with Gasteiger partial charge in [0.2, 0.25) is 23.8 Å². The molecule has 2 aromatic heterocycles. The number of rotatable bonds is 9. The second-order valence-corrected chi connectivity index (χ2v) is 6.29. The number of anilines is 4. The highest BCUT2D eigenvalue weighted by atomic mass is 33.1. The van der Waals surface area contributed by atoms with E-state index in [9.17, 15) is 0 Å². The summed E-state index contributed by atoms with van der Waals surface area (Å²) in [5.74, 6) is 3.55. The third-order valence-corrected chi connectivity index (χ3v) is 4.43. The molecule has 0 aliphatic heterocycles. The van der Waals surface area contributed by atoms with Crippen LogP contribution in [0.2, 0.25) is 0 Å². The summed E-state index contributed by atoms with van der Waals surface area (Å²) in [6, 6.07) is 0. The summed E-state index contributed by atoms with van der Waals surface area (Å²) in [6.07, 6.45) is 0. The van der Waals surface area contributed by atoms with Gasteiger partial charge in [-0.15, -0.1) is 10.2 Å². The Morgan fingerprint density at radius 1 is 0.850 bits per heavy atom. The van der Waals surface area contributed by atoms with Gasteiger partial charge in [0.15, 0.2) is 0 Å². The van der Waals surface area contributed by atoms with Crippen LogP contribution >= 0.6 is 21.6 Å². The van der Waals surface area contributed by atoms with Crippen molar-refractivity contribution in [1.82, 2.24) is 30.4 Å². The lowest BCUT2D eigenvalue weighted by atomic mass is 10.7. The van der Waals surface area contributed by atoms with Gasteiger partial charge in [-0.1, -0.05) is 21.6 Å². The fraction of sp³-hybridized carbons (Fsp3) is 0.500. The molecule has 0 spiro atoms. The van der Waals surface area contributed by atoms with Crippen molar-refractivity contribution in [2.75, 3.05) is 46.7 Å². The molecular formula is C8H16N10S2. The van der Waals surface area contributed by atoms with Crippen LogP contribution in [0.4, 0.5) is 23.8 Å². The number of nitrogen functional groups attached to an aromatic ring is 2. The number of hydrogen-bond acceptors (Lipinski definition) is 10. The van der Waals surface area contributed by atoms with Gasteiger partial charge in [-0.05, 0) is 0 Å². The molecule has 2 rings (SSSR count). The van der Waals surface area contributed by atoms with Crippen LogP contribution in [0.3, 0.4) is 0 Å². The molecule has 0 aliphatic carbocycles. The van der Waals surface area contributed by atoms with Gasteiger partial charge in [0.1, 0.15) is 0 Å². The van der Waals surface area contributed by atoms with Gasteiger partial charge in [0.25, 0.3) is 0 Å². The fourth-order valence-corrected chi connectivity index (χ4v) is 3.05. The van der Waals surface area contributed by atoms with E-state index in [2.05, 4.69) is 41.0 Å². The molecule has 0 saturated carbocycles. The van der Waals surface area contributed by atoms with Crippen LogP contribution < -0.4 is 22.1 Å². The Bertz CT molecular complexity index is 465. The minimum Gasteiger partial charge on any atom is -0.368 e. The summed E-state index contributed by atoms with van der Waals surface area (Å²) in [7, 11) is 3.53. The molecule has 0 bridgehead atoms. The zero-order chi connectivity index (χ0) is 14.2. The van der Waals surface area contributed by atoms with Crippen LogP contribution in [0.5, 0.6) is 0 Å². The fourth-order valence-electron chi connectivity index (χ4n) is 1.23. The van der Waals surface area contributed by atoms with E-state index in [0.29, 0.717) is 23.8 Å². The molecule has 20 heavy (non-hydrogen) atoms. The lowest BCUT2D eigenvalue weighted by Crippen LogP contribution is -2.06. The number of aromatic nitrogens is 6. The quantitative estimate of drug-likeness (QED) is 0.274. The van der Waals surface area contributed by atoms with Crippen molar-refractivity contribution in [3.63, 3.8) is 0 Å². The first-order valence-electron chi connectivity index (χ1n) is 5.82. The molecule has 10 nitrogen and oxygen atoms in total. The standard InChI is InChI=1S/C8H16N10S2/c9-5-13-7(17-15-5)11-1-3-19-20-4-2-12-8-14-6(10)16-18-8/h1-4H2,(H4,9,11,13,15,17)(H4,10,12,14,16,18). The molecule has 0 fully saturated rings. The van der Waals surface area contributed by atoms with E-state index in [1.54, 1.807) is 21.6 Å². The molecule has 110 valence electrons. The Morgan fingerprint density at radius 3 is 1.65 bits per heavy atom. The second-order valence-electron chi connectivity index (χ2n) is 3.59. The highest BCUT2D eigenvalue weighted by molar-refractivity contribution is 8.76. The first kappa shape index (κ1) is 14.6. The number of nitrogens with one attached hydrogen (secondary N) is 4. The van der Waals surface area contributed by atoms with E-state index >= 15 is 0 Å². The maximum Gasteiger partial charge on any atom is 0.243 e. The van der Waals surface area contributed by atoms with Gasteiger partial charge in [-0.2, -0.15) is 9.97 Å². The predicted octanol–water partition coefficient (Wildman–Crippen LogP) is -0.00740. The molecule has 2 aromatic rings. The second kappa shape index (κ2) is 7.69. The maximum absolute atomic E-state index is 5.41. The van der Waals surface area contributed by atoms with Gasteiger partial charge in [-0.3, -0.25) is 0 Å². The predicted molar refractivity (Wildman–Crippen MR) is 83.5 cm³/mol. The molecule has 0 atom stereocenters. The summed E-state index contributed by atoms with van der Waals surface area (Å²) in [5.41, 5.74) is 10.8. The van der Waals surface area contributed by atoms with E-state index < -0.39 is 0 Å². The number of nitrogens with zero attached hydrogens (tertiary/aromatic N) is 4. The van der Waals surface area contributed by atoms with E-state index in [1.165, 1.54) is 0 Å². The van der Waals surface area contributed by atoms with Crippen LogP contribution in [0.25, 0.3) is 0 Å². The minimum atomic E-state index is 0.313. The van der Waals surface area contributed by atoms with E-state index in [4.69, 9.17) is 11.5 Å². The summed E-state index contributed by atoms with van der Waals surface area (Å²) >= 11 is 0. The zero-order valence-corrected chi connectivity index (χ0v) is 12.2. The van der Waals surface area contributed by atoms with Crippen molar-refractivity contribution in [2.45, 2.75) is 0 Å². The zero-order valence-electron chi connectivity index (χ0n) is 10.6. The summed E-state index contributed by atoms with van der Waals surface area (Å²) in [4.78, 5) is 7.88. The lowest BCUT2D eigenvalue weighted by Gasteiger charge is -2.02. The number of hydrogen-bond donors (Lipinski definition) is 6. The molecule has 2 heterocycles. The maximum atomic E-state index is 5.41. The first-order valence-corrected chi connectivity index (χ1v) is 8.31. The van der Waals surface area contributed by atoms with Crippen LogP contribution in [0.1, 0.15) is 0 Å². The van der Waals surface area contributed by atoms with Gasteiger partial charge in [0.05, 0.1) is 0 Å². The smallest absolute Gasteiger partial charge is 0.243 e. The van der Waals surface area contributed by atoms with Gasteiger partial charge in [0, 0.05) is 24.6 Å². The van der Waals surface area contributed by atoms with Gasteiger partial charge in [-0.25, -0.2) is 10.2 Å². The Balaban J connectivity index is 1.44. The summed E-state index contributed by atoms with van der Waals surface area (Å²) in [6.45, 7) is 1.56. The molecular weight excluding hydrogens is 300 g/mol. The average Bonchev–Trinajstić information content (AvgIpc) is 3.02. The van der Waals surface area contributed by atoms with Gasteiger partial charge >= 0.3 is 0 Å². The normalized spacial score (nSPS) is 10.6. The van der Waals surface area contributed by atoms with Crippen molar-refractivity contribution < 1.29 is 0 Å². The number of nitrogens with two attached hydrogens (primary N) is 2. The highest BCUT2D eigenvalue weighted by Crippen LogP contribution is 2.20. The monoisotopic (exact) mass is 316 g/mol. The summed E-state index contributed by atoms with van der Waals surface area (Å²) in [5, 5.41) is 19.0. The van der Waals surface area contributed by atoms with Crippen molar-refractivity contribution in [3.05, 3.63) is 0 Å². The largest absolute Gasteiger partial charge is 0.368 e. The van der Waals surface area contributed by atoms with Crippen LogP contribution in [-0.2, 0) is 0 Å². The Kier molecular flexibility index (Phi) is 5.61. The van der Waals surface area contributed by atoms with Crippen molar-refractivity contribution in [1.29, 1.82) is 0 Å². The molecule has 0 saturated heterocycles. The first-order chi connectivity index (χ1) is 9.74. The molecule has 12 heteroatoms. The molecule has 0 aliphatic rings. The number of aromatic amines is 2. The molecule has 0 aromatic carbocycles. The SMILES string of the molecule is Nc1nc(NCCSSCCNc2n[nH]c(N)n2)n[nH]1. The van der Waals surface area contributed by atoms with Crippen LogP contribution in [0.15, 0.2) is 0 Å². The molecule has 0 unspecified atom stereocenters.